The normalized spacial score (nSPS) is 8.36. The van der Waals surface area contributed by atoms with Gasteiger partial charge in [-0.1, -0.05) is 11.6 Å². The van der Waals surface area contributed by atoms with Gasteiger partial charge in [-0.2, -0.15) is 0 Å². The SMILES string of the molecule is N#CONc1ccc(Cl)cc1. The first-order chi connectivity index (χ1) is 5.33. The van der Waals surface area contributed by atoms with Gasteiger partial charge in [0, 0.05) is 5.02 Å². The Hall–Kier alpha value is -1.40. The van der Waals surface area contributed by atoms with Crippen molar-refractivity contribution in [2.24, 2.45) is 0 Å². The molecular weight excluding hydrogens is 164 g/mol. The van der Waals surface area contributed by atoms with Crippen LogP contribution in [0.15, 0.2) is 24.3 Å². The number of rotatable bonds is 2. The molecule has 0 aliphatic heterocycles. The van der Waals surface area contributed by atoms with Gasteiger partial charge in [0.1, 0.15) is 0 Å². The van der Waals surface area contributed by atoms with Gasteiger partial charge in [-0.05, 0) is 24.3 Å². The highest BCUT2D eigenvalue weighted by Crippen LogP contribution is 2.12. The van der Waals surface area contributed by atoms with E-state index in [0.717, 1.165) is 0 Å². The minimum Gasteiger partial charge on any atom is -0.302 e. The van der Waals surface area contributed by atoms with E-state index in [4.69, 9.17) is 16.9 Å². The Morgan fingerprint density at radius 2 is 2.00 bits per heavy atom. The van der Waals surface area contributed by atoms with Gasteiger partial charge < -0.3 is 4.84 Å². The van der Waals surface area contributed by atoms with E-state index in [1.165, 1.54) is 6.26 Å². The number of hydrogen-bond donors (Lipinski definition) is 1. The van der Waals surface area contributed by atoms with Crippen LogP contribution in [0.4, 0.5) is 5.69 Å². The van der Waals surface area contributed by atoms with E-state index in [2.05, 4.69) is 10.3 Å². The van der Waals surface area contributed by atoms with Crippen LogP contribution >= 0.6 is 11.6 Å². The van der Waals surface area contributed by atoms with Crippen LogP contribution in [0.1, 0.15) is 0 Å². The zero-order valence-electron chi connectivity index (χ0n) is 5.54. The fourth-order valence-electron chi connectivity index (χ4n) is 0.600. The number of anilines is 1. The van der Waals surface area contributed by atoms with Crippen LogP contribution in [-0.2, 0) is 4.84 Å². The maximum atomic E-state index is 8.02. The van der Waals surface area contributed by atoms with E-state index in [9.17, 15) is 0 Å². The van der Waals surface area contributed by atoms with Crippen LogP contribution in [0.3, 0.4) is 0 Å². The second kappa shape index (κ2) is 3.69. The van der Waals surface area contributed by atoms with E-state index < -0.39 is 0 Å². The van der Waals surface area contributed by atoms with Gasteiger partial charge in [0.2, 0.25) is 0 Å². The number of hydrogen-bond acceptors (Lipinski definition) is 3. The molecule has 56 valence electrons. The molecule has 4 heteroatoms. The van der Waals surface area contributed by atoms with E-state index in [0.29, 0.717) is 10.7 Å². The molecule has 0 spiro atoms. The van der Waals surface area contributed by atoms with Gasteiger partial charge >= 0.3 is 6.26 Å². The van der Waals surface area contributed by atoms with Crippen molar-refractivity contribution in [3.05, 3.63) is 29.3 Å². The molecule has 1 N–H and O–H groups in total. The second-order valence-corrected chi connectivity index (χ2v) is 2.24. The molecule has 0 amide bonds. The van der Waals surface area contributed by atoms with E-state index in [1.807, 2.05) is 0 Å². The maximum absolute atomic E-state index is 8.02. The molecule has 3 nitrogen and oxygen atoms in total. The smallest absolute Gasteiger partial charge is 0.302 e. The molecule has 0 fully saturated rings. The van der Waals surface area contributed by atoms with Gasteiger partial charge in [-0.15, -0.1) is 5.26 Å². The molecule has 0 saturated carbocycles. The lowest BCUT2D eigenvalue weighted by Gasteiger charge is -1.99. The molecule has 0 aliphatic rings. The highest BCUT2D eigenvalue weighted by atomic mass is 35.5. The Bertz CT molecular complexity index is 265. The zero-order valence-corrected chi connectivity index (χ0v) is 6.30. The quantitative estimate of drug-likeness (QED) is 0.544. The summed E-state index contributed by atoms with van der Waals surface area (Å²) in [4.78, 5) is 4.27. The highest BCUT2D eigenvalue weighted by molar-refractivity contribution is 6.30. The third kappa shape index (κ3) is 2.36. The first-order valence-electron chi connectivity index (χ1n) is 2.89. The summed E-state index contributed by atoms with van der Waals surface area (Å²) in [6, 6.07) is 6.81. The molecule has 0 saturated heterocycles. The van der Waals surface area contributed by atoms with Crippen molar-refractivity contribution in [2.45, 2.75) is 0 Å². The molecular formula is C7H5ClN2O. The molecule has 0 unspecified atom stereocenters. The van der Waals surface area contributed by atoms with Crippen LogP contribution in [0, 0.1) is 11.5 Å². The number of nitrogens with zero attached hydrogens (tertiary/aromatic N) is 1. The Morgan fingerprint density at radius 3 is 2.55 bits per heavy atom. The molecule has 0 radical (unpaired) electrons. The first-order valence-corrected chi connectivity index (χ1v) is 3.27. The molecule has 0 bridgehead atoms. The van der Waals surface area contributed by atoms with Gasteiger partial charge in [0.25, 0.3) is 0 Å². The van der Waals surface area contributed by atoms with Gasteiger partial charge in [0.15, 0.2) is 0 Å². The van der Waals surface area contributed by atoms with Crippen molar-refractivity contribution >= 4 is 17.3 Å². The van der Waals surface area contributed by atoms with Crippen LogP contribution in [0.2, 0.25) is 5.02 Å². The molecule has 1 aromatic carbocycles. The van der Waals surface area contributed by atoms with Crippen molar-refractivity contribution in [3.8, 4) is 6.26 Å². The van der Waals surface area contributed by atoms with Crippen molar-refractivity contribution < 1.29 is 4.84 Å². The monoisotopic (exact) mass is 168 g/mol. The predicted molar refractivity (Wildman–Crippen MR) is 41.8 cm³/mol. The van der Waals surface area contributed by atoms with Gasteiger partial charge in [-0.25, -0.2) is 5.48 Å². The largest absolute Gasteiger partial charge is 0.314 e. The Kier molecular flexibility index (Phi) is 2.59. The lowest BCUT2D eigenvalue weighted by molar-refractivity contribution is 0.354. The summed E-state index contributed by atoms with van der Waals surface area (Å²) in [7, 11) is 0. The average molecular weight is 169 g/mol. The molecule has 0 aromatic heterocycles. The first kappa shape index (κ1) is 7.70. The third-order valence-electron chi connectivity index (χ3n) is 1.06. The predicted octanol–water partition coefficient (Wildman–Crippen LogP) is 2.16. The van der Waals surface area contributed by atoms with Crippen molar-refractivity contribution in [1.82, 2.24) is 0 Å². The minimum absolute atomic E-state index is 0.646. The molecule has 0 heterocycles. The summed E-state index contributed by atoms with van der Waals surface area (Å²) in [6.07, 6.45) is 1.49. The Morgan fingerprint density at radius 1 is 1.36 bits per heavy atom. The van der Waals surface area contributed by atoms with Crippen LogP contribution in [-0.4, -0.2) is 0 Å². The maximum Gasteiger partial charge on any atom is 0.314 e. The van der Waals surface area contributed by atoms with Crippen LogP contribution in [0.5, 0.6) is 0 Å². The van der Waals surface area contributed by atoms with Gasteiger partial charge in [-0.3, -0.25) is 0 Å². The molecule has 1 rings (SSSR count). The minimum atomic E-state index is 0.646. The average Bonchev–Trinajstić information content (AvgIpc) is 2.04. The fraction of sp³-hybridized carbons (Fsp3) is 0. The number of halogens is 1. The topological polar surface area (TPSA) is 45.0 Å². The number of nitrogens with one attached hydrogen (secondary N) is 1. The summed E-state index contributed by atoms with van der Waals surface area (Å²) in [6.45, 7) is 0. The third-order valence-corrected chi connectivity index (χ3v) is 1.31. The Balaban J connectivity index is 2.60. The van der Waals surface area contributed by atoms with E-state index in [1.54, 1.807) is 24.3 Å². The molecule has 11 heavy (non-hydrogen) atoms. The summed E-state index contributed by atoms with van der Waals surface area (Å²) in [5.41, 5.74) is 3.09. The number of benzene rings is 1. The van der Waals surface area contributed by atoms with Crippen LogP contribution < -0.4 is 5.48 Å². The van der Waals surface area contributed by atoms with E-state index in [-0.39, 0.29) is 0 Å². The number of nitriles is 1. The highest BCUT2D eigenvalue weighted by Gasteiger charge is 1.89. The summed E-state index contributed by atoms with van der Waals surface area (Å²) < 4.78 is 0. The van der Waals surface area contributed by atoms with Crippen molar-refractivity contribution in [2.75, 3.05) is 5.48 Å². The fourth-order valence-corrected chi connectivity index (χ4v) is 0.726. The lowest BCUT2D eigenvalue weighted by atomic mass is 10.3. The lowest BCUT2D eigenvalue weighted by Crippen LogP contribution is -1.93. The second-order valence-electron chi connectivity index (χ2n) is 1.80. The zero-order chi connectivity index (χ0) is 8.10. The molecule has 0 atom stereocenters. The Labute approximate surface area is 69.1 Å². The molecule has 0 aliphatic carbocycles. The molecule has 1 aromatic rings. The van der Waals surface area contributed by atoms with Crippen molar-refractivity contribution in [1.29, 1.82) is 5.26 Å². The standard InChI is InChI=1S/C7H5ClN2O/c8-6-1-3-7(4-2-6)10-11-5-9/h1-4,10H. The summed E-state index contributed by atoms with van der Waals surface area (Å²) in [5, 5.41) is 8.67. The van der Waals surface area contributed by atoms with Crippen molar-refractivity contribution in [3.63, 3.8) is 0 Å². The van der Waals surface area contributed by atoms with E-state index >= 15 is 0 Å². The van der Waals surface area contributed by atoms with Gasteiger partial charge in [0.05, 0.1) is 5.69 Å². The van der Waals surface area contributed by atoms with Crippen LogP contribution in [0.25, 0.3) is 0 Å². The summed E-state index contributed by atoms with van der Waals surface area (Å²) in [5.74, 6) is 0. The summed E-state index contributed by atoms with van der Waals surface area (Å²) >= 11 is 5.61.